The van der Waals surface area contributed by atoms with Crippen molar-refractivity contribution in [1.82, 2.24) is 20.4 Å². The van der Waals surface area contributed by atoms with Crippen LogP contribution in [0.1, 0.15) is 362 Å². The highest BCUT2D eigenvalue weighted by atomic mass is 16.5. The standard InChI is InChI=1S/C78H148N4O14/c1-5-9-13-21-37-53-73(87)93-59-41-29-17-25-33-47-67(83)63-81(64-68(84)48-34-26-18-30-42-60-94-74(88)54-38-22-14-10-6-2)57-45-51-71-77(91)80-72(78(92)79-71)52-46-58-82(65-69(85)49-35-27-19-31-43-61-95-75(89)55-39-23-15-11-7-3)66-70(86)50-36-28-20-32-44-62-96-76(90)56-40-24-16-12-8-4/h67-72,83-86H,5-66H2,1-4H3,(H,79,92)(H,80,91)/t67?,68?,69?,70?,71-,72+. The molecule has 0 aromatic rings. The van der Waals surface area contributed by atoms with Gasteiger partial charge < -0.3 is 50.0 Å². The predicted octanol–water partition coefficient (Wildman–Crippen LogP) is 15.6. The normalized spacial score (nSPS) is 15.4. The Bertz CT molecular complexity index is 1620. The van der Waals surface area contributed by atoms with Gasteiger partial charge in [-0.15, -0.1) is 0 Å². The summed E-state index contributed by atoms with van der Waals surface area (Å²) in [6.07, 6.45) is 44.5. The summed E-state index contributed by atoms with van der Waals surface area (Å²) in [7, 11) is 0. The minimum Gasteiger partial charge on any atom is -0.466 e. The van der Waals surface area contributed by atoms with E-state index in [1.54, 1.807) is 0 Å². The zero-order valence-corrected chi connectivity index (χ0v) is 62.1. The quantitative estimate of drug-likeness (QED) is 0.0188. The summed E-state index contributed by atoms with van der Waals surface area (Å²) in [6.45, 7) is 13.2. The fourth-order valence-corrected chi connectivity index (χ4v) is 12.8. The first-order chi connectivity index (χ1) is 46.7. The third-order valence-corrected chi connectivity index (χ3v) is 18.8. The van der Waals surface area contributed by atoms with E-state index >= 15 is 0 Å². The molecule has 0 saturated carbocycles. The maximum Gasteiger partial charge on any atom is 0.305 e. The molecule has 0 spiro atoms. The average molecular weight is 1370 g/mol. The van der Waals surface area contributed by atoms with Crippen LogP contribution in [0.3, 0.4) is 0 Å². The molecule has 0 aromatic carbocycles. The highest BCUT2D eigenvalue weighted by molar-refractivity contribution is 5.96. The lowest BCUT2D eigenvalue weighted by Crippen LogP contribution is -2.61. The molecule has 1 aliphatic rings. The highest BCUT2D eigenvalue weighted by Gasteiger charge is 2.33. The Labute approximate surface area is 585 Å². The zero-order chi connectivity index (χ0) is 70.2. The van der Waals surface area contributed by atoms with Gasteiger partial charge in [0.1, 0.15) is 12.1 Å². The summed E-state index contributed by atoms with van der Waals surface area (Å²) in [6, 6.07) is -1.41. The molecule has 6 N–H and O–H groups in total. The van der Waals surface area contributed by atoms with Crippen LogP contribution in [0.15, 0.2) is 0 Å². The van der Waals surface area contributed by atoms with Crippen molar-refractivity contribution in [2.75, 3.05) is 65.7 Å². The van der Waals surface area contributed by atoms with Gasteiger partial charge in [-0.05, 0) is 116 Å². The lowest BCUT2D eigenvalue weighted by Gasteiger charge is -2.32. The maximum absolute atomic E-state index is 13.6. The Morgan fingerprint density at radius 1 is 0.312 bits per heavy atom. The summed E-state index contributed by atoms with van der Waals surface area (Å²) in [4.78, 5) is 79.8. The smallest absolute Gasteiger partial charge is 0.305 e. The molecule has 0 bridgehead atoms. The molecule has 1 aliphatic heterocycles. The second kappa shape index (κ2) is 66.1. The van der Waals surface area contributed by atoms with E-state index in [4.69, 9.17) is 18.9 Å². The molecule has 564 valence electrons. The van der Waals surface area contributed by atoms with Crippen molar-refractivity contribution in [2.45, 2.75) is 398 Å². The van der Waals surface area contributed by atoms with Crippen molar-refractivity contribution < 1.29 is 68.1 Å². The van der Waals surface area contributed by atoms with Gasteiger partial charge in [0.25, 0.3) is 0 Å². The molecule has 1 fully saturated rings. The molecule has 2 amide bonds. The molecule has 18 heteroatoms. The minimum absolute atomic E-state index is 0.106. The summed E-state index contributed by atoms with van der Waals surface area (Å²) in [5, 5.41) is 51.1. The predicted molar refractivity (Wildman–Crippen MR) is 387 cm³/mol. The number of aliphatic hydroxyl groups is 4. The Morgan fingerprint density at radius 3 is 0.760 bits per heavy atom. The van der Waals surface area contributed by atoms with E-state index in [1.807, 2.05) is 0 Å². The molecule has 1 rings (SSSR count). The zero-order valence-electron chi connectivity index (χ0n) is 62.1. The number of ether oxygens (including phenoxy) is 4. The van der Waals surface area contributed by atoms with Crippen LogP contribution < -0.4 is 10.6 Å². The number of amides is 2. The second-order valence-electron chi connectivity index (χ2n) is 28.3. The van der Waals surface area contributed by atoms with Crippen LogP contribution >= 0.6 is 0 Å². The number of unbranched alkanes of at least 4 members (excludes halogenated alkanes) is 32. The van der Waals surface area contributed by atoms with Crippen LogP contribution in [0.4, 0.5) is 0 Å². The summed E-state index contributed by atoms with van der Waals surface area (Å²) in [5.41, 5.74) is 0. The number of carbonyl (C=O) groups excluding carboxylic acids is 6. The largest absolute Gasteiger partial charge is 0.466 e. The van der Waals surface area contributed by atoms with E-state index in [0.29, 0.717) is 143 Å². The summed E-state index contributed by atoms with van der Waals surface area (Å²) < 4.78 is 21.8. The van der Waals surface area contributed by atoms with Crippen LogP contribution in [0, 0.1) is 0 Å². The lowest BCUT2D eigenvalue weighted by molar-refractivity contribution is -0.144. The number of esters is 4. The van der Waals surface area contributed by atoms with Crippen molar-refractivity contribution in [3.63, 3.8) is 0 Å². The number of hydrogen-bond acceptors (Lipinski definition) is 16. The van der Waals surface area contributed by atoms with Gasteiger partial charge in [-0.2, -0.15) is 0 Å². The van der Waals surface area contributed by atoms with E-state index in [9.17, 15) is 49.2 Å². The molecule has 6 atom stereocenters. The van der Waals surface area contributed by atoms with Crippen LogP contribution in [0.25, 0.3) is 0 Å². The molecule has 1 heterocycles. The number of nitrogens with zero attached hydrogens (tertiary/aromatic N) is 2. The fraction of sp³-hybridized carbons (Fsp3) is 0.923. The number of carbonyl (C=O) groups is 6. The van der Waals surface area contributed by atoms with Gasteiger partial charge in [0.15, 0.2) is 0 Å². The molecule has 0 aliphatic carbocycles. The van der Waals surface area contributed by atoms with Gasteiger partial charge in [-0.25, -0.2) is 0 Å². The number of rotatable bonds is 72. The minimum atomic E-state index is -0.703. The van der Waals surface area contributed by atoms with Crippen molar-refractivity contribution in [2.24, 2.45) is 0 Å². The van der Waals surface area contributed by atoms with Crippen LogP contribution in [-0.2, 0) is 47.7 Å². The second-order valence-corrected chi connectivity index (χ2v) is 28.3. The fourth-order valence-electron chi connectivity index (χ4n) is 12.8. The van der Waals surface area contributed by atoms with Gasteiger partial charge in [0.05, 0.1) is 50.8 Å². The molecule has 0 aromatic heterocycles. The molecule has 4 unspecified atom stereocenters. The molecule has 96 heavy (non-hydrogen) atoms. The van der Waals surface area contributed by atoms with Gasteiger partial charge >= 0.3 is 23.9 Å². The lowest BCUT2D eigenvalue weighted by atomic mass is 10.0. The Kier molecular flexibility index (Phi) is 62.4. The SMILES string of the molecule is CCCCCCCC(=O)OCCCCCCCC(O)CN(CCC[C@@H]1NC(=O)[C@@H](CCCN(CC(O)CCCCCCCOC(=O)CCCCCCC)CC(O)CCCCCCCOC(=O)CCCCCCC)NC1=O)CC(O)CCCCCCCOC(=O)CCCCCCC. The Balaban J connectivity index is 2.76. The molecule has 0 radical (unpaired) electrons. The number of nitrogens with one attached hydrogen (secondary N) is 2. The van der Waals surface area contributed by atoms with Crippen molar-refractivity contribution in [3.05, 3.63) is 0 Å². The van der Waals surface area contributed by atoms with Crippen molar-refractivity contribution in [1.29, 1.82) is 0 Å². The first-order valence-corrected chi connectivity index (χ1v) is 40.1. The topological polar surface area (TPSA) is 251 Å². The molecular formula is C78H148N4O14. The number of aliphatic hydroxyl groups excluding tert-OH is 4. The molecule has 1 saturated heterocycles. The summed E-state index contributed by atoms with van der Waals surface area (Å²) >= 11 is 0. The summed E-state index contributed by atoms with van der Waals surface area (Å²) in [5.74, 6) is -0.887. The average Bonchev–Trinajstić information content (AvgIpc) is 0.988. The van der Waals surface area contributed by atoms with Crippen molar-refractivity contribution in [3.8, 4) is 0 Å². The van der Waals surface area contributed by atoms with E-state index in [-0.39, 0.29) is 35.7 Å². The number of hydrogen-bond donors (Lipinski definition) is 6. The van der Waals surface area contributed by atoms with Crippen LogP contribution in [0.2, 0.25) is 0 Å². The van der Waals surface area contributed by atoms with E-state index in [1.165, 1.54) is 51.4 Å². The van der Waals surface area contributed by atoms with E-state index in [0.717, 1.165) is 205 Å². The van der Waals surface area contributed by atoms with Crippen LogP contribution in [-0.4, -0.2) is 168 Å². The highest BCUT2D eigenvalue weighted by Crippen LogP contribution is 2.19. The Hall–Kier alpha value is -3.42. The van der Waals surface area contributed by atoms with Gasteiger partial charge in [-0.1, -0.05) is 233 Å². The van der Waals surface area contributed by atoms with E-state index < -0.39 is 36.5 Å². The maximum atomic E-state index is 13.6. The monoisotopic (exact) mass is 1370 g/mol. The third kappa shape index (κ3) is 57.3. The Morgan fingerprint density at radius 2 is 0.521 bits per heavy atom. The van der Waals surface area contributed by atoms with E-state index in [2.05, 4.69) is 48.1 Å². The molecular weight excluding hydrogens is 1220 g/mol. The van der Waals surface area contributed by atoms with Crippen molar-refractivity contribution >= 4 is 35.7 Å². The van der Waals surface area contributed by atoms with Crippen LogP contribution in [0.5, 0.6) is 0 Å². The molecule has 18 nitrogen and oxygen atoms in total. The number of piperazine rings is 1. The third-order valence-electron chi connectivity index (χ3n) is 18.8. The van der Waals surface area contributed by atoms with Gasteiger partial charge in [-0.3, -0.25) is 38.6 Å². The first kappa shape index (κ1) is 90.6. The van der Waals surface area contributed by atoms with Gasteiger partial charge in [0, 0.05) is 51.9 Å². The van der Waals surface area contributed by atoms with Gasteiger partial charge in [0.2, 0.25) is 11.8 Å². The first-order valence-electron chi connectivity index (χ1n) is 40.1.